The molecule has 4 fully saturated rings. The zero-order valence-electron chi connectivity index (χ0n) is 22.4. The number of fused-ring (bicyclic) bond motifs is 5. The average Bonchev–Trinajstić information content (AvgIpc) is 2.84. The molecule has 0 aromatic carbocycles. The molecule has 0 saturated heterocycles. The fraction of sp³-hybridized carbons (Fsp3) is 1.00. The zero-order valence-corrected chi connectivity index (χ0v) is 24.4. The minimum atomic E-state index is -1.56. The van der Waals surface area contributed by atoms with Gasteiger partial charge in [0.1, 0.15) is 0 Å². The van der Waals surface area contributed by atoms with E-state index in [4.69, 9.17) is 8.85 Å². The van der Waals surface area contributed by atoms with Crippen molar-refractivity contribution in [1.29, 1.82) is 0 Å². The quantitative estimate of drug-likeness (QED) is 0.391. The van der Waals surface area contributed by atoms with Crippen LogP contribution < -0.4 is 0 Å². The van der Waals surface area contributed by atoms with Crippen molar-refractivity contribution in [3.8, 4) is 0 Å². The lowest BCUT2D eigenvalue weighted by Crippen LogP contribution is -2.60. The summed E-state index contributed by atoms with van der Waals surface area (Å²) in [5.41, 5.74) is 0.994. The molecular weight excluding hydrogens is 412 g/mol. The first-order valence-electron chi connectivity index (χ1n) is 13.5. The van der Waals surface area contributed by atoms with Crippen molar-refractivity contribution in [3.63, 3.8) is 0 Å². The van der Waals surface area contributed by atoms with Crippen LogP contribution in [0, 0.1) is 40.4 Å². The van der Waals surface area contributed by atoms with Crippen LogP contribution in [0.2, 0.25) is 39.3 Å². The Morgan fingerprint density at radius 1 is 0.742 bits per heavy atom. The van der Waals surface area contributed by atoms with Crippen LogP contribution in [0.5, 0.6) is 0 Å². The second-order valence-electron chi connectivity index (χ2n) is 14.8. The Bertz CT molecular complexity index is 682. The molecule has 0 aliphatic heterocycles. The Kier molecular flexibility index (Phi) is 6.06. The van der Waals surface area contributed by atoms with Crippen molar-refractivity contribution in [3.05, 3.63) is 0 Å². The fourth-order valence-corrected chi connectivity index (χ4v) is 12.2. The molecule has 4 aliphatic carbocycles. The third kappa shape index (κ3) is 4.19. The van der Waals surface area contributed by atoms with E-state index in [1.807, 2.05) is 0 Å². The van der Waals surface area contributed by atoms with Crippen LogP contribution in [0.3, 0.4) is 0 Å². The fourth-order valence-electron chi connectivity index (χ4n) is 9.28. The maximum Gasteiger partial charge on any atom is 0.184 e. The zero-order chi connectivity index (χ0) is 23.0. The maximum atomic E-state index is 6.99. The standard InChI is InChI=1S/C27H52O2Si2/c1-19-17-20-18-21(28-30(5,6)7)11-14-25(20,2)22-12-15-26(3)23(24(19)22)13-16-27(26,4)29-31(8,9)10/h19-24H,11-18H2,1-10H3/t19-,20-,21-,22?,23?,24?,25?,26?,27-/m1/s1. The van der Waals surface area contributed by atoms with E-state index in [1.165, 1.54) is 51.4 Å². The summed E-state index contributed by atoms with van der Waals surface area (Å²) in [4.78, 5) is 0. The van der Waals surface area contributed by atoms with Gasteiger partial charge in [0.05, 0.1) is 5.60 Å². The van der Waals surface area contributed by atoms with Gasteiger partial charge in [-0.15, -0.1) is 0 Å². The van der Waals surface area contributed by atoms with E-state index >= 15 is 0 Å². The highest BCUT2D eigenvalue weighted by Gasteiger charge is 2.65. The van der Waals surface area contributed by atoms with Crippen LogP contribution in [-0.2, 0) is 8.85 Å². The molecule has 4 aliphatic rings. The molecule has 5 unspecified atom stereocenters. The highest BCUT2D eigenvalue weighted by molar-refractivity contribution is 6.70. The summed E-state index contributed by atoms with van der Waals surface area (Å²) < 4.78 is 13.6. The second kappa shape index (κ2) is 7.68. The van der Waals surface area contributed by atoms with Crippen molar-refractivity contribution >= 4 is 16.6 Å². The van der Waals surface area contributed by atoms with Gasteiger partial charge in [-0.2, -0.15) is 0 Å². The first-order valence-corrected chi connectivity index (χ1v) is 20.3. The summed E-state index contributed by atoms with van der Waals surface area (Å²) in [5.74, 6) is 4.40. The molecular formula is C27H52O2Si2. The van der Waals surface area contributed by atoms with Gasteiger partial charge < -0.3 is 8.85 Å². The normalized spacial score (nSPS) is 50.5. The van der Waals surface area contributed by atoms with Gasteiger partial charge in [0.2, 0.25) is 0 Å². The van der Waals surface area contributed by atoms with Crippen LogP contribution in [0.25, 0.3) is 0 Å². The van der Waals surface area contributed by atoms with E-state index in [0.717, 1.165) is 29.6 Å². The lowest BCUT2D eigenvalue weighted by molar-refractivity contribution is -0.165. The molecule has 4 heteroatoms. The summed E-state index contributed by atoms with van der Waals surface area (Å²) in [6, 6.07) is 0. The molecule has 4 rings (SSSR count). The second-order valence-corrected chi connectivity index (χ2v) is 23.7. The van der Waals surface area contributed by atoms with Crippen molar-refractivity contribution < 1.29 is 8.85 Å². The van der Waals surface area contributed by atoms with Crippen molar-refractivity contribution in [2.75, 3.05) is 0 Å². The molecule has 4 saturated carbocycles. The van der Waals surface area contributed by atoms with Crippen LogP contribution in [-0.4, -0.2) is 28.3 Å². The minimum Gasteiger partial charge on any atom is -0.415 e. The number of hydrogen-bond donors (Lipinski definition) is 0. The maximum absolute atomic E-state index is 6.99. The van der Waals surface area contributed by atoms with Gasteiger partial charge in [-0.1, -0.05) is 20.8 Å². The minimum absolute atomic E-state index is 0.0907. The van der Waals surface area contributed by atoms with E-state index in [2.05, 4.69) is 67.0 Å². The van der Waals surface area contributed by atoms with E-state index < -0.39 is 16.6 Å². The van der Waals surface area contributed by atoms with E-state index in [9.17, 15) is 0 Å². The van der Waals surface area contributed by atoms with Crippen molar-refractivity contribution in [2.45, 2.75) is 130 Å². The van der Waals surface area contributed by atoms with Crippen LogP contribution >= 0.6 is 0 Å². The van der Waals surface area contributed by atoms with Crippen molar-refractivity contribution in [2.24, 2.45) is 40.4 Å². The molecule has 0 bridgehead atoms. The topological polar surface area (TPSA) is 18.5 Å². The van der Waals surface area contributed by atoms with Gasteiger partial charge in [-0.25, -0.2) is 0 Å². The lowest BCUT2D eigenvalue weighted by Gasteiger charge is -2.64. The lowest BCUT2D eigenvalue weighted by atomic mass is 9.42. The summed E-state index contributed by atoms with van der Waals surface area (Å²) in [5, 5.41) is 0. The highest BCUT2D eigenvalue weighted by atomic mass is 28.4. The van der Waals surface area contributed by atoms with Gasteiger partial charge in [0.25, 0.3) is 0 Å². The van der Waals surface area contributed by atoms with Gasteiger partial charge in [0, 0.05) is 6.10 Å². The Morgan fingerprint density at radius 3 is 2.00 bits per heavy atom. The highest BCUT2D eigenvalue weighted by Crippen LogP contribution is 2.70. The molecule has 0 spiro atoms. The third-order valence-electron chi connectivity index (χ3n) is 10.6. The van der Waals surface area contributed by atoms with Gasteiger partial charge in [0.15, 0.2) is 16.6 Å². The monoisotopic (exact) mass is 464 g/mol. The average molecular weight is 465 g/mol. The van der Waals surface area contributed by atoms with Crippen LogP contribution in [0.1, 0.15) is 79.1 Å². The Morgan fingerprint density at radius 2 is 1.39 bits per heavy atom. The van der Waals surface area contributed by atoms with Gasteiger partial charge in [-0.05, 0) is 138 Å². The first kappa shape index (κ1) is 24.5. The molecule has 0 radical (unpaired) electrons. The predicted octanol–water partition coefficient (Wildman–Crippen LogP) is 8.11. The summed E-state index contributed by atoms with van der Waals surface area (Å²) in [6.45, 7) is 24.7. The molecule has 180 valence electrons. The van der Waals surface area contributed by atoms with Gasteiger partial charge in [-0.3, -0.25) is 0 Å². The predicted molar refractivity (Wildman–Crippen MR) is 137 cm³/mol. The Balaban J connectivity index is 1.57. The first-order chi connectivity index (χ1) is 14.1. The number of hydrogen-bond acceptors (Lipinski definition) is 2. The summed E-state index contributed by atoms with van der Waals surface area (Å²) >= 11 is 0. The molecule has 9 atom stereocenters. The van der Waals surface area contributed by atoms with Gasteiger partial charge >= 0.3 is 0 Å². The van der Waals surface area contributed by atoms with Crippen LogP contribution in [0.15, 0.2) is 0 Å². The van der Waals surface area contributed by atoms with E-state index in [0.29, 0.717) is 16.9 Å². The Labute approximate surface area is 195 Å². The Hall–Kier alpha value is 0.354. The third-order valence-corrected chi connectivity index (χ3v) is 12.7. The summed E-state index contributed by atoms with van der Waals surface area (Å²) in [6.07, 6.45) is 11.5. The molecule has 0 amide bonds. The molecule has 31 heavy (non-hydrogen) atoms. The molecule has 0 N–H and O–H groups in total. The summed E-state index contributed by atoms with van der Waals surface area (Å²) in [7, 11) is -3.01. The molecule has 2 nitrogen and oxygen atoms in total. The SMILES string of the molecule is C[C@@H]1C[C@@H]2C[C@H](O[Si](C)(C)C)CCC2(C)C2CCC3(C)C(CC[C@@]3(C)O[Si](C)(C)C)C21. The van der Waals surface area contributed by atoms with E-state index in [-0.39, 0.29) is 5.60 Å². The molecule has 0 heterocycles. The van der Waals surface area contributed by atoms with Crippen molar-refractivity contribution in [1.82, 2.24) is 0 Å². The number of rotatable bonds is 4. The molecule has 0 aromatic rings. The van der Waals surface area contributed by atoms with Crippen LogP contribution in [0.4, 0.5) is 0 Å². The van der Waals surface area contributed by atoms with E-state index in [1.54, 1.807) is 0 Å². The smallest absolute Gasteiger partial charge is 0.184 e. The molecule has 0 aromatic heterocycles. The largest absolute Gasteiger partial charge is 0.415 e.